The number of carboxylic acids is 2. The van der Waals surface area contributed by atoms with Gasteiger partial charge in [0.25, 0.3) is 0 Å². The summed E-state index contributed by atoms with van der Waals surface area (Å²) in [4.78, 5) is 20.4. The molecule has 3 aromatic carbocycles. The van der Waals surface area contributed by atoms with Gasteiger partial charge >= 0.3 is 11.9 Å². The number of carbonyl (C=O) groups is 2. The Morgan fingerprint density at radius 3 is 1.62 bits per heavy atom. The van der Waals surface area contributed by atoms with Gasteiger partial charge in [-0.05, 0) is 47.3 Å². The first-order valence-electron chi connectivity index (χ1n) is 7.40. The first-order chi connectivity index (χ1) is 11.4. The lowest BCUT2D eigenvalue weighted by molar-refractivity contribution is -0.159. The predicted octanol–water partition coefficient (Wildman–Crippen LogP) is 3.21. The van der Waals surface area contributed by atoms with Crippen LogP contribution in [0.15, 0.2) is 54.6 Å². The van der Waals surface area contributed by atoms with Crippen LogP contribution in [0.25, 0.3) is 21.5 Å². The zero-order chi connectivity index (χ0) is 17.7. The Kier molecular flexibility index (Phi) is 5.50. The molecular formula is C19H19NO4. The molecule has 0 heterocycles. The molecule has 0 aliphatic heterocycles. The SMILES string of the molecule is CN(C)Cc1c2ccccc2cc2ccccc12.O=C(O)C(=O)O. The van der Waals surface area contributed by atoms with Crippen LogP contribution in [-0.2, 0) is 16.1 Å². The molecule has 0 aliphatic rings. The Morgan fingerprint density at radius 1 is 0.833 bits per heavy atom. The minimum absolute atomic E-state index is 0.974. The molecule has 0 atom stereocenters. The molecule has 0 fully saturated rings. The van der Waals surface area contributed by atoms with Crippen molar-refractivity contribution in [1.29, 1.82) is 0 Å². The maximum atomic E-state index is 9.10. The highest BCUT2D eigenvalue weighted by atomic mass is 16.4. The van der Waals surface area contributed by atoms with E-state index in [2.05, 4.69) is 73.6 Å². The second-order valence-electron chi connectivity index (χ2n) is 5.65. The fraction of sp³-hybridized carbons (Fsp3) is 0.158. The van der Waals surface area contributed by atoms with E-state index in [-0.39, 0.29) is 0 Å². The highest BCUT2D eigenvalue weighted by Crippen LogP contribution is 2.28. The number of hydrogen-bond donors (Lipinski definition) is 2. The molecule has 5 nitrogen and oxygen atoms in total. The smallest absolute Gasteiger partial charge is 0.414 e. The molecule has 3 rings (SSSR count). The highest BCUT2D eigenvalue weighted by molar-refractivity contribution is 6.27. The molecular weight excluding hydrogens is 306 g/mol. The van der Waals surface area contributed by atoms with Crippen LogP contribution >= 0.6 is 0 Å². The molecule has 0 unspecified atom stereocenters. The first-order valence-corrected chi connectivity index (χ1v) is 7.40. The van der Waals surface area contributed by atoms with Gasteiger partial charge in [-0.2, -0.15) is 0 Å². The molecule has 3 aromatic rings. The average Bonchev–Trinajstić information content (AvgIpc) is 2.54. The van der Waals surface area contributed by atoms with Crippen molar-refractivity contribution >= 4 is 33.5 Å². The van der Waals surface area contributed by atoms with Gasteiger partial charge in [0.05, 0.1) is 0 Å². The zero-order valence-electron chi connectivity index (χ0n) is 13.6. The summed E-state index contributed by atoms with van der Waals surface area (Å²) in [6.45, 7) is 0.974. The Labute approximate surface area is 139 Å². The van der Waals surface area contributed by atoms with Crippen LogP contribution in [0.5, 0.6) is 0 Å². The van der Waals surface area contributed by atoms with Crippen molar-refractivity contribution in [2.75, 3.05) is 14.1 Å². The van der Waals surface area contributed by atoms with Gasteiger partial charge in [0, 0.05) is 6.54 Å². The van der Waals surface area contributed by atoms with E-state index in [1.54, 1.807) is 0 Å². The molecule has 5 heteroatoms. The number of rotatable bonds is 2. The van der Waals surface area contributed by atoms with E-state index in [9.17, 15) is 0 Å². The molecule has 0 amide bonds. The van der Waals surface area contributed by atoms with Crippen molar-refractivity contribution < 1.29 is 19.8 Å². The molecule has 0 radical (unpaired) electrons. The Balaban J connectivity index is 0.000000301. The number of fused-ring (bicyclic) bond motifs is 2. The second kappa shape index (κ2) is 7.57. The van der Waals surface area contributed by atoms with Crippen LogP contribution in [0.4, 0.5) is 0 Å². The van der Waals surface area contributed by atoms with Gasteiger partial charge in [0.1, 0.15) is 0 Å². The fourth-order valence-electron chi connectivity index (χ4n) is 2.59. The number of benzene rings is 3. The summed E-state index contributed by atoms with van der Waals surface area (Å²) in [6.07, 6.45) is 0. The van der Waals surface area contributed by atoms with E-state index in [0.717, 1.165) is 6.54 Å². The molecule has 2 N–H and O–H groups in total. The topological polar surface area (TPSA) is 77.8 Å². The van der Waals surface area contributed by atoms with Crippen molar-refractivity contribution in [2.24, 2.45) is 0 Å². The molecule has 0 aliphatic carbocycles. The van der Waals surface area contributed by atoms with E-state index >= 15 is 0 Å². The van der Waals surface area contributed by atoms with Crippen molar-refractivity contribution in [3.63, 3.8) is 0 Å². The van der Waals surface area contributed by atoms with E-state index in [4.69, 9.17) is 19.8 Å². The summed E-state index contributed by atoms with van der Waals surface area (Å²) < 4.78 is 0. The van der Waals surface area contributed by atoms with Crippen LogP contribution in [0, 0.1) is 0 Å². The summed E-state index contributed by atoms with van der Waals surface area (Å²) in [5, 5.41) is 20.2. The van der Waals surface area contributed by atoms with Gasteiger partial charge in [-0.1, -0.05) is 48.5 Å². The lowest BCUT2D eigenvalue weighted by Gasteiger charge is -2.15. The summed E-state index contributed by atoms with van der Waals surface area (Å²) >= 11 is 0. The second-order valence-corrected chi connectivity index (χ2v) is 5.65. The molecule has 0 spiro atoms. The molecule has 0 bridgehead atoms. The molecule has 0 saturated carbocycles. The Morgan fingerprint density at radius 2 is 1.25 bits per heavy atom. The predicted molar refractivity (Wildman–Crippen MR) is 94.1 cm³/mol. The van der Waals surface area contributed by atoms with E-state index in [0.29, 0.717) is 0 Å². The number of nitrogens with zero attached hydrogens (tertiary/aromatic N) is 1. The van der Waals surface area contributed by atoms with Crippen molar-refractivity contribution in [2.45, 2.75) is 6.54 Å². The quantitative estimate of drug-likeness (QED) is 0.559. The van der Waals surface area contributed by atoms with Crippen LogP contribution in [0.3, 0.4) is 0 Å². The molecule has 0 aromatic heterocycles. The lowest BCUT2D eigenvalue weighted by atomic mass is 9.96. The van der Waals surface area contributed by atoms with Gasteiger partial charge in [0.15, 0.2) is 0 Å². The Hall–Kier alpha value is -2.92. The van der Waals surface area contributed by atoms with E-state index in [1.165, 1.54) is 27.1 Å². The summed E-state index contributed by atoms with van der Waals surface area (Å²) in [5.74, 6) is -3.65. The number of hydrogen-bond acceptors (Lipinski definition) is 3. The number of aliphatic carboxylic acids is 2. The third kappa shape index (κ3) is 4.08. The maximum absolute atomic E-state index is 9.10. The maximum Gasteiger partial charge on any atom is 0.414 e. The van der Waals surface area contributed by atoms with E-state index in [1.807, 2.05) is 0 Å². The van der Waals surface area contributed by atoms with Crippen LogP contribution in [0.2, 0.25) is 0 Å². The van der Waals surface area contributed by atoms with Gasteiger partial charge in [-0.25, -0.2) is 9.59 Å². The number of carboxylic acid groups (broad SMARTS) is 2. The standard InChI is InChI=1S/C17H17N.C2H2O4/c1-18(2)12-17-15-9-5-3-7-13(15)11-14-8-4-6-10-16(14)17;3-1(4)2(5)6/h3-11H,12H2,1-2H3;(H,3,4)(H,5,6). The third-order valence-corrected chi connectivity index (χ3v) is 3.54. The van der Waals surface area contributed by atoms with Crippen molar-refractivity contribution in [1.82, 2.24) is 4.90 Å². The molecule has 124 valence electrons. The lowest BCUT2D eigenvalue weighted by Crippen LogP contribution is -2.11. The van der Waals surface area contributed by atoms with Crippen molar-refractivity contribution in [3.05, 3.63) is 60.2 Å². The van der Waals surface area contributed by atoms with Crippen molar-refractivity contribution in [3.8, 4) is 0 Å². The first kappa shape index (κ1) is 17.4. The average molecular weight is 325 g/mol. The summed E-state index contributed by atoms with van der Waals surface area (Å²) in [5.41, 5.74) is 1.42. The van der Waals surface area contributed by atoms with Gasteiger partial charge < -0.3 is 15.1 Å². The molecule has 24 heavy (non-hydrogen) atoms. The Bertz CT molecular complexity index is 821. The fourth-order valence-corrected chi connectivity index (χ4v) is 2.59. The van der Waals surface area contributed by atoms with Gasteiger partial charge in [0.2, 0.25) is 0 Å². The van der Waals surface area contributed by atoms with Crippen LogP contribution in [0.1, 0.15) is 5.56 Å². The minimum Gasteiger partial charge on any atom is -0.473 e. The summed E-state index contributed by atoms with van der Waals surface area (Å²) in [6, 6.07) is 19.6. The van der Waals surface area contributed by atoms with Crippen LogP contribution < -0.4 is 0 Å². The normalized spacial score (nSPS) is 10.5. The van der Waals surface area contributed by atoms with Gasteiger partial charge in [-0.15, -0.1) is 0 Å². The zero-order valence-corrected chi connectivity index (χ0v) is 13.6. The van der Waals surface area contributed by atoms with Gasteiger partial charge in [-0.3, -0.25) is 0 Å². The van der Waals surface area contributed by atoms with E-state index < -0.39 is 11.9 Å². The third-order valence-electron chi connectivity index (χ3n) is 3.54. The molecule has 0 saturated heterocycles. The minimum atomic E-state index is -1.82. The summed E-state index contributed by atoms with van der Waals surface area (Å²) in [7, 11) is 4.24. The monoisotopic (exact) mass is 325 g/mol. The largest absolute Gasteiger partial charge is 0.473 e. The highest BCUT2D eigenvalue weighted by Gasteiger charge is 2.07. The van der Waals surface area contributed by atoms with Crippen LogP contribution in [-0.4, -0.2) is 41.1 Å².